The minimum atomic E-state index is -0.842. The molecule has 0 spiro atoms. The zero-order valence-electron chi connectivity index (χ0n) is 52.5. The Bertz CT molecular complexity index is 1160. The molecule has 0 aromatic rings. The van der Waals surface area contributed by atoms with Gasteiger partial charge in [-0.15, -0.1) is 0 Å². The Hall–Kier alpha value is -1.40. The number of esters is 1. The highest BCUT2D eigenvalue weighted by Gasteiger charge is 2.18. The molecular formula is C71H139NO5. The summed E-state index contributed by atoms with van der Waals surface area (Å²) in [6.45, 7) is 4.95. The molecule has 458 valence electrons. The molecule has 3 N–H and O–H groups in total. The summed E-state index contributed by atoms with van der Waals surface area (Å²) in [4.78, 5) is 24.6. The monoisotopic (exact) mass is 1090 g/mol. The number of allylic oxidation sites excluding steroid dienone is 1. The Balaban J connectivity index is 3.35. The fourth-order valence-electron chi connectivity index (χ4n) is 11.4. The molecule has 1 amide bonds. The molecule has 0 aliphatic heterocycles. The van der Waals surface area contributed by atoms with Crippen LogP contribution in [0, 0.1) is 0 Å². The van der Waals surface area contributed by atoms with Crippen LogP contribution in [0.2, 0.25) is 0 Å². The zero-order valence-corrected chi connectivity index (χ0v) is 52.5. The van der Waals surface area contributed by atoms with Gasteiger partial charge in [-0.05, 0) is 32.1 Å². The van der Waals surface area contributed by atoms with E-state index in [1.807, 2.05) is 6.08 Å². The summed E-state index contributed by atoms with van der Waals surface area (Å²) in [5.41, 5.74) is 0. The van der Waals surface area contributed by atoms with Crippen molar-refractivity contribution in [1.82, 2.24) is 5.32 Å². The van der Waals surface area contributed by atoms with Crippen LogP contribution in [0.4, 0.5) is 0 Å². The van der Waals surface area contributed by atoms with Crippen LogP contribution in [0.3, 0.4) is 0 Å². The van der Waals surface area contributed by atoms with E-state index in [-0.39, 0.29) is 18.5 Å². The molecule has 0 aromatic carbocycles. The molecule has 0 radical (unpaired) electrons. The topological polar surface area (TPSA) is 95.9 Å². The fraction of sp³-hybridized carbons (Fsp3) is 0.944. The van der Waals surface area contributed by atoms with E-state index in [1.54, 1.807) is 6.08 Å². The van der Waals surface area contributed by atoms with Crippen LogP contribution >= 0.6 is 0 Å². The molecule has 0 saturated carbocycles. The molecule has 6 nitrogen and oxygen atoms in total. The summed E-state index contributed by atoms with van der Waals surface area (Å²) in [5.74, 6) is -0.0397. The molecule has 0 aliphatic carbocycles. The summed E-state index contributed by atoms with van der Waals surface area (Å²) in [5, 5.41) is 23.2. The van der Waals surface area contributed by atoms with Crippen molar-refractivity contribution < 1.29 is 24.5 Å². The molecular weight excluding hydrogens is 947 g/mol. The number of aliphatic hydroxyl groups is 2. The standard InChI is InChI=1S/C71H139NO5/c1-3-5-7-9-11-13-15-17-19-20-32-36-39-43-47-51-55-59-63-69(74)68(67-73)72-70(75)64-60-56-52-48-44-40-37-33-30-28-26-24-22-21-23-25-27-29-31-34-38-42-46-50-54-58-62-66-77-71(76)65-61-57-53-49-45-41-35-18-16-14-12-10-8-6-4-2/h59,63,68-69,73-74H,3-58,60-62,64-67H2,1-2H3,(H,72,75)/b63-59+. The minimum absolute atomic E-state index is 0.0216. The van der Waals surface area contributed by atoms with Gasteiger partial charge in [0.15, 0.2) is 0 Å². The summed E-state index contributed by atoms with van der Waals surface area (Å²) >= 11 is 0. The lowest BCUT2D eigenvalue weighted by Crippen LogP contribution is -2.45. The van der Waals surface area contributed by atoms with Gasteiger partial charge in [-0.2, -0.15) is 0 Å². The van der Waals surface area contributed by atoms with Crippen molar-refractivity contribution in [2.45, 2.75) is 418 Å². The molecule has 0 fully saturated rings. The summed E-state index contributed by atoms with van der Waals surface area (Å²) in [6, 6.07) is -0.625. The molecule has 0 bridgehead atoms. The third kappa shape index (κ3) is 63.6. The first-order valence-corrected chi connectivity index (χ1v) is 35.5. The van der Waals surface area contributed by atoms with E-state index < -0.39 is 12.1 Å². The van der Waals surface area contributed by atoms with E-state index in [1.165, 1.54) is 340 Å². The van der Waals surface area contributed by atoms with Gasteiger partial charge in [0.1, 0.15) is 0 Å². The number of amides is 1. The Morgan fingerprint density at radius 3 is 0.883 bits per heavy atom. The number of nitrogens with one attached hydrogen (secondary N) is 1. The SMILES string of the molecule is CCCCCCCCCCCCCCCCCC/C=C/C(O)C(CO)NC(=O)CCCCCCCCCCCCCCCCCCCCCCCCCCCCCOC(=O)CCCCCCCCCCCCCCCCC. The number of hydrogen-bond acceptors (Lipinski definition) is 5. The molecule has 6 heteroatoms. The van der Waals surface area contributed by atoms with Crippen molar-refractivity contribution in [2.24, 2.45) is 0 Å². The minimum Gasteiger partial charge on any atom is -0.466 e. The van der Waals surface area contributed by atoms with Gasteiger partial charge in [0.2, 0.25) is 5.91 Å². The predicted octanol–water partition coefficient (Wildman–Crippen LogP) is 22.8. The smallest absolute Gasteiger partial charge is 0.305 e. The predicted molar refractivity (Wildman–Crippen MR) is 338 cm³/mol. The highest BCUT2D eigenvalue weighted by atomic mass is 16.5. The first kappa shape index (κ1) is 75.6. The quantitative estimate of drug-likeness (QED) is 0.0320. The van der Waals surface area contributed by atoms with Gasteiger partial charge >= 0.3 is 5.97 Å². The summed E-state index contributed by atoms with van der Waals surface area (Å²) < 4.78 is 5.50. The third-order valence-electron chi connectivity index (χ3n) is 16.8. The Labute approximate surface area is 482 Å². The molecule has 0 saturated heterocycles. The highest BCUT2D eigenvalue weighted by molar-refractivity contribution is 5.76. The molecule has 0 aromatic heterocycles. The van der Waals surface area contributed by atoms with Crippen molar-refractivity contribution in [2.75, 3.05) is 13.2 Å². The highest BCUT2D eigenvalue weighted by Crippen LogP contribution is 2.19. The normalized spacial score (nSPS) is 12.5. The van der Waals surface area contributed by atoms with Crippen LogP contribution in [0.1, 0.15) is 406 Å². The largest absolute Gasteiger partial charge is 0.466 e. The Kier molecular flexibility index (Phi) is 65.9. The maximum absolute atomic E-state index is 12.5. The average Bonchev–Trinajstić information content (AvgIpc) is 3.43. The molecule has 0 rings (SSSR count). The Morgan fingerprint density at radius 2 is 0.597 bits per heavy atom. The van der Waals surface area contributed by atoms with E-state index in [9.17, 15) is 19.8 Å². The molecule has 0 heterocycles. The fourth-order valence-corrected chi connectivity index (χ4v) is 11.4. The van der Waals surface area contributed by atoms with Gasteiger partial charge in [0, 0.05) is 12.8 Å². The third-order valence-corrected chi connectivity index (χ3v) is 16.8. The van der Waals surface area contributed by atoms with E-state index >= 15 is 0 Å². The molecule has 2 atom stereocenters. The lowest BCUT2D eigenvalue weighted by Gasteiger charge is -2.20. The van der Waals surface area contributed by atoms with Crippen LogP contribution in [0.25, 0.3) is 0 Å². The number of rotatable bonds is 67. The van der Waals surface area contributed by atoms with Crippen LogP contribution in [0.15, 0.2) is 12.2 Å². The first-order chi connectivity index (χ1) is 38.0. The number of aliphatic hydroxyl groups excluding tert-OH is 2. The number of unbranched alkanes of at least 4 members (excludes halogenated alkanes) is 56. The van der Waals surface area contributed by atoms with E-state index in [4.69, 9.17) is 4.74 Å². The first-order valence-electron chi connectivity index (χ1n) is 35.5. The van der Waals surface area contributed by atoms with Crippen LogP contribution < -0.4 is 5.32 Å². The average molecular weight is 1090 g/mol. The van der Waals surface area contributed by atoms with E-state index in [0.29, 0.717) is 19.4 Å². The number of ether oxygens (including phenoxy) is 1. The second-order valence-corrected chi connectivity index (χ2v) is 24.6. The van der Waals surface area contributed by atoms with Crippen molar-refractivity contribution in [3.8, 4) is 0 Å². The van der Waals surface area contributed by atoms with Gasteiger partial charge in [-0.25, -0.2) is 0 Å². The van der Waals surface area contributed by atoms with Crippen LogP contribution in [0.5, 0.6) is 0 Å². The molecule has 2 unspecified atom stereocenters. The van der Waals surface area contributed by atoms with Gasteiger partial charge in [0.25, 0.3) is 0 Å². The van der Waals surface area contributed by atoms with Gasteiger partial charge < -0.3 is 20.3 Å². The number of carbonyl (C=O) groups is 2. The lowest BCUT2D eigenvalue weighted by molar-refractivity contribution is -0.143. The molecule has 77 heavy (non-hydrogen) atoms. The maximum atomic E-state index is 12.5. The van der Waals surface area contributed by atoms with Crippen molar-refractivity contribution in [3.05, 3.63) is 12.2 Å². The zero-order chi connectivity index (χ0) is 55.7. The Morgan fingerprint density at radius 1 is 0.351 bits per heavy atom. The molecule has 0 aliphatic rings. The van der Waals surface area contributed by atoms with Crippen LogP contribution in [-0.4, -0.2) is 47.4 Å². The van der Waals surface area contributed by atoms with Gasteiger partial charge in [-0.1, -0.05) is 373 Å². The van der Waals surface area contributed by atoms with Gasteiger partial charge in [0.05, 0.1) is 25.4 Å². The van der Waals surface area contributed by atoms with Crippen molar-refractivity contribution >= 4 is 11.9 Å². The van der Waals surface area contributed by atoms with Crippen molar-refractivity contribution in [3.63, 3.8) is 0 Å². The summed E-state index contributed by atoms with van der Waals surface area (Å²) in [7, 11) is 0. The van der Waals surface area contributed by atoms with Gasteiger partial charge in [-0.3, -0.25) is 9.59 Å². The van der Waals surface area contributed by atoms with Crippen LogP contribution in [-0.2, 0) is 14.3 Å². The van der Waals surface area contributed by atoms with E-state index in [2.05, 4.69) is 19.2 Å². The second kappa shape index (κ2) is 67.1. The second-order valence-electron chi connectivity index (χ2n) is 24.6. The van der Waals surface area contributed by atoms with Crippen molar-refractivity contribution in [1.29, 1.82) is 0 Å². The maximum Gasteiger partial charge on any atom is 0.305 e. The number of hydrogen-bond donors (Lipinski definition) is 3. The lowest BCUT2D eigenvalue weighted by atomic mass is 10.0. The summed E-state index contributed by atoms with van der Waals surface area (Å²) in [6.07, 6.45) is 82.9. The van der Waals surface area contributed by atoms with E-state index in [0.717, 1.165) is 38.5 Å². The number of carbonyl (C=O) groups excluding carboxylic acids is 2.